The molecule has 1 atom stereocenters. The number of aliphatic imine (C=N–C) groups is 1. The number of hydrogen-bond acceptors (Lipinski definition) is 3. The minimum atomic E-state index is -0.265. The standard InChI is InChI=1S/C16H13Br2NO2/c17-12-7-4-8-13(18)14(12)19-16-15(20-9-10-21-16)11-5-2-1-3-6-11/h1-8,15H,9-10H2. The summed E-state index contributed by atoms with van der Waals surface area (Å²) < 4.78 is 13.4. The number of ether oxygens (including phenoxy) is 2. The highest BCUT2D eigenvalue weighted by atomic mass is 79.9. The van der Waals surface area contributed by atoms with E-state index in [2.05, 4.69) is 36.9 Å². The van der Waals surface area contributed by atoms with Crippen molar-refractivity contribution in [3.63, 3.8) is 0 Å². The van der Waals surface area contributed by atoms with Crippen molar-refractivity contribution in [3.05, 3.63) is 63.0 Å². The van der Waals surface area contributed by atoms with Crippen LogP contribution in [-0.4, -0.2) is 19.1 Å². The summed E-state index contributed by atoms with van der Waals surface area (Å²) in [4.78, 5) is 4.65. The molecule has 3 nitrogen and oxygen atoms in total. The summed E-state index contributed by atoms with van der Waals surface area (Å²) in [5.74, 6) is 0.583. The molecule has 1 heterocycles. The van der Waals surface area contributed by atoms with Crippen LogP contribution in [0.3, 0.4) is 0 Å². The highest BCUT2D eigenvalue weighted by molar-refractivity contribution is 9.11. The number of benzene rings is 2. The lowest BCUT2D eigenvalue weighted by molar-refractivity contribution is 0.0144. The lowest BCUT2D eigenvalue weighted by Crippen LogP contribution is -2.27. The van der Waals surface area contributed by atoms with Gasteiger partial charge in [-0.3, -0.25) is 0 Å². The zero-order chi connectivity index (χ0) is 14.7. The fraction of sp³-hybridized carbons (Fsp3) is 0.188. The van der Waals surface area contributed by atoms with Gasteiger partial charge in [0.25, 0.3) is 0 Å². The summed E-state index contributed by atoms with van der Waals surface area (Å²) in [6.07, 6.45) is -0.265. The molecule has 1 aliphatic rings. The van der Waals surface area contributed by atoms with Crippen LogP contribution in [0.1, 0.15) is 11.7 Å². The quantitative estimate of drug-likeness (QED) is 0.695. The van der Waals surface area contributed by atoms with Gasteiger partial charge in [0.05, 0.1) is 12.3 Å². The van der Waals surface area contributed by atoms with E-state index in [1.54, 1.807) is 0 Å². The predicted octanol–water partition coefficient (Wildman–Crippen LogP) is 5.03. The van der Waals surface area contributed by atoms with E-state index in [-0.39, 0.29) is 6.10 Å². The number of rotatable bonds is 2. The maximum absolute atomic E-state index is 5.84. The van der Waals surface area contributed by atoms with E-state index >= 15 is 0 Å². The SMILES string of the molecule is Brc1cccc(Br)c1N=C1OCCOC1c1ccccc1. The molecule has 1 aliphatic heterocycles. The molecule has 1 fully saturated rings. The molecule has 21 heavy (non-hydrogen) atoms. The van der Waals surface area contributed by atoms with Crippen LogP contribution >= 0.6 is 31.9 Å². The summed E-state index contributed by atoms with van der Waals surface area (Å²) in [5, 5.41) is 0. The highest BCUT2D eigenvalue weighted by Crippen LogP contribution is 2.35. The summed E-state index contributed by atoms with van der Waals surface area (Å²) in [7, 11) is 0. The molecule has 0 bridgehead atoms. The summed E-state index contributed by atoms with van der Waals surface area (Å²) in [6, 6.07) is 15.8. The lowest BCUT2D eigenvalue weighted by atomic mass is 10.1. The van der Waals surface area contributed by atoms with E-state index in [0.29, 0.717) is 19.1 Å². The molecule has 0 spiro atoms. The summed E-state index contributed by atoms with van der Waals surface area (Å²) in [6.45, 7) is 1.08. The lowest BCUT2D eigenvalue weighted by Gasteiger charge is -2.25. The van der Waals surface area contributed by atoms with Gasteiger partial charge in [0, 0.05) is 8.95 Å². The summed E-state index contributed by atoms with van der Waals surface area (Å²) >= 11 is 7.03. The molecule has 1 unspecified atom stereocenters. The number of para-hydroxylation sites is 1. The first-order chi connectivity index (χ1) is 10.3. The molecule has 2 aromatic rings. The van der Waals surface area contributed by atoms with Crippen molar-refractivity contribution >= 4 is 43.4 Å². The number of nitrogens with zero attached hydrogens (tertiary/aromatic N) is 1. The van der Waals surface area contributed by atoms with Gasteiger partial charge in [0.15, 0.2) is 6.10 Å². The van der Waals surface area contributed by atoms with Crippen molar-refractivity contribution < 1.29 is 9.47 Å². The molecule has 2 aromatic carbocycles. The molecule has 5 heteroatoms. The van der Waals surface area contributed by atoms with Gasteiger partial charge in [-0.05, 0) is 49.6 Å². The maximum atomic E-state index is 5.84. The molecule has 0 radical (unpaired) electrons. The van der Waals surface area contributed by atoms with E-state index in [1.807, 2.05) is 48.5 Å². The van der Waals surface area contributed by atoms with Gasteiger partial charge in [-0.1, -0.05) is 36.4 Å². The normalized spacial score (nSPS) is 20.3. The van der Waals surface area contributed by atoms with Gasteiger partial charge >= 0.3 is 0 Å². The molecule has 0 aromatic heterocycles. The van der Waals surface area contributed by atoms with Crippen LogP contribution in [0.5, 0.6) is 0 Å². The second-order valence-electron chi connectivity index (χ2n) is 4.53. The molecular weight excluding hydrogens is 398 g/mol. The van der Waals surface area contributed by atoms with E-state index in [1.165, 1.54) is 0 Å². The van der Waals surface area contributed by atoms with Crippen molar-refractivity contribution in [2.24, 2.45) is 4.99 Å². The molecule has 0 N–H and O–H groups in total. The Bertz CT molecular complexity index is 638. The number of hydrogen-bond donors (Lipinski definition) is 0. The minimum Gasteiger partial charge on any atom is -0.476 e. The molecule has 1 saturated heterocycles. The van der Waals surface area contributed by atoms with Crippen LogP contribution in [0.4, 0.5) is 5.69 Å². The average Bonchev–Trinajstić information content (AvgIpc) is 2.52. The Labute approximate surface area is 140 Å². The van der Waals surface area contributed by atoms with Crippen LogP contribution in [0, 0.1) is 0 Å². The fourth-order valence-electron chi connectivity index (χ4n) is 2.12. The van der Waals surface area contributed by atoms with E-state index in [0.717, 1.165) is 20.2 Å². The predicted molar refractivity (Wildman–Crippen MR) is 90.0 cm³/mol. The van der Waals surface area contributed by atoms with Gasteiger partial charge in [-0.25, -0.2) is 4.99 Å². The van der Waals surface area contributed by atoms with E-state index in [4.69, 9.17) is 9.47 Å². The van der Waals surface area contributed by atoms with Crippen molar-refractivity contribution in [1.29, 1.82) is 0 Å². The van der Waals surface area contributed by atoms with Gasteiger partial charge in [-0.15, -0.1) is 0 Å². The Hall–Kier alpha value is -1.17. The van der Waals surface area contributed by atoms with Crippen LogP contribution in [-0.2, 0) is 9.47 Å². The Balaban J connectivity index is 2.00. The molecule has 3 rings (SSSR count). The summed E-state index contributed by atoms with van der Waals surface area (Å²) in [5.41, 5.74) is 1.85. The van der Waals surface area contributed by atoms with Gasteiger partial charge in [0.2, 0.25) is 5.90 Å². The molecule has 0 saturated carbocycles. The molecular formula is C16H13Br2NO2. The van der Waals surface area contributed by atoms with Gasteiger partial charge in [-0.2, -0.15) is 0 Å². The Kier molecular flexibility index (Phi) is 4.73. The monoisotopic (exact) mass is 409 g/mol. The van der Waals surface area contributed by atoms with Crippen molar-refractivity contribution in [2.45, 2.75) is 6.10 Å². The smallest absolute Gasteiger partial charge is 0.223 e. The van der Waals surface area contributed by atoms with E-state index < -0.39 is 0 Å². The Morgan fingerprint density at radius 3 is 2.33 bits per heavy atom. The van der Waals surface area contributed by atoms with Crippen molar-refractivity contribution in [1.82, 2.24) is 0 Å². The zero-order valence-corrected chi connectivity index (χ0v) is 14.3. The third kappa shape index (κ3) is 3.36. The highest BCUT2D eigenvalue weighted by Gasteiger charge is 2.25. The first kappa shape index (κ1) is 14.8. The minimum absolute atomic E-state index is 0.265. The Morgan fingerprint density at radius 2 is 1.62 bits per heavy atom. The molecule has 0 amide bonds. The third-order valence-electron chi connectivity index (χ3n) is 3.10. The largest absolute Gasteiger partial charge is 0.476 e. The molecule has 108 valence electrons. The second-order valence-corrected chi connectivity index (χ2v) is 6.24. The van der Waals surface area contributed by atoms with Crippen molar-refractivity contribution in [3.8, 4) is 0 Å². The second kappa shape index (κ2) is 6.73. The van der Waals surface area contributed by atoms with Crippen LogP contribution < -0.4 is 0 Å². The topological polar surface area (TPSA) is 30.8 Å². The molecule has 0 aliphatic carbocycles. The van der Waals surface area contributed by atoms with Gasteiger partial charge < -0.3 is 9.47 Å². The third-order valence-corrected chi connectivity index (χ3v) is 4.38. The first-order valence-corrected chi connectivity index (χ1v) is 8.16. The zero-order valence-electron chi connectivity index (χ0n) is 11.1. The Morgan fingerprint density at radius 1 is 0.905 bits per heavy atom. The van der Waals surface area contributed by atoms with Crippen LogP contribution in [0.15, 0.2) is 62.5 Å². The maximum Gasteiger partial charge on any atom is 0.223 e. The van der Waals surface area contributed by atoms with Crippen molar-refractivity contribution in [2.75, 3.05) is 13.2 Å². The van der Waals surface area contributed by atoms with E-state index in [9.17, 15) is 0 Å². The fourth-order valence-corrected chi connectivity index (χ4v) is 3.30. The van der Waals surface area contributed by atoms with Crippen LogP contribution in [0.25, 0.3) is 0 Å². The average molecular weight is 411 g/mol. The van der Waals surface area contributed by atoms with Gasteiger partial charge in [0.1, 0.15) is 6.61 Å². The number of halogens is 2. The van der Waals surface area contributed by atoms with Crippen LogP contribution in [0.2, 0.25) is 0 Å². The first-order valence-electron chi connectivity index (χ1n) is 6.57.